The van der Waals surface area contributed by atoms with Crippen LogP contribution in [-0.4, -0.2) is 50.7 Å². The predicted molar refractivity (Wildman–Crippen MR) is 56.2 cm³/mol. The first-order chi connectivity index (χ1) is 5.56. The average molecular weight is 228 g/mol. The third-order valence-corrected chi connectivity index (χ3v) is 1.30. The molecule has 1 N–H and O–H groups in total. The third kappa shape index (κ3) is 14.9. The fourth-order valence-electron chi connectivity index (χ4n) is 0.385. The molecule has 0 atom stereocenters. The predicted octanol–water partition coefficient (Wildman–Crippen LogP) is 1.55. The van der Waals surface area contributed by atoms with Crippen LogP contribution in [0.15, 0.2) is 48.4 Å². The molecule has 5 heteroatoms. The van der Waals surface area contributed by atoms with Crippen molar-refractivity contribution in [3.63, 3.8) is 0 Å². The second-order valence-corrected chi connectivity index (χ2v) is 3.20. The van der Waals surface area contributed by atoms with E-state index in [9.17, 15) is 8.42 Å². The maximum Gasteiger partial charge on any atom is 2.00 e. The van der Waals surface area contributed by atoms with Gasteiger partial charge in [0.15, 0.2) is 0 Å². The van der Waals surface area contributed by atoms with Gasteiger partial charge in [-0.2, -0.15) is 8.42 Å². The number of hydrogen-bond donors (Lipinski definition) is 1. The molecule has 0 aliphatic rings. The minimum atomic E-state index is -3.90. The molecule has 0 radical (unpaired) electrons. The van der Waals surface area contributed by atoms with Crippen LogP contribution >= 0.6 is 0 Å². The van der Waals surface area contributed by atoms with E-state index in [1.54, 1.807) is 0 Å². The average Bonchev–Trinajstić information content (AvgIpc) is 2.07. The minimum absolute atomic E-state index is 0. The summed E-state index contributed by atoms with van der Waals surface area (Å²) in [7, 11) is -3.90. The minimum Gasteiger partial charge on any atom is -1.00 e. The summed E-state index contributed by atoms with van der Waals surface area (Å²) >= 11 is 0. The van der Waals surface area contributed by atoms with Gasteiger partial charge in [0, 0.05) is 0 Å². The van der Waals surface area contributed by atoms with E-state index >= 15 is 0 Å². The first-order valence-corrected chi connectivity index (χ1v) is 4.66. The quantitative estimate of drug-likeness (QED) is 0.586. The molecule has 70 valence electrons. The topological polar surface area (TPSA) is 54.4 Å². The number of hydrogen-bond acceptors (Lipinski definition) is 2. The second kappa shape index (κ2) is 8.72. The summed E-state index contributed by atoms with van der Waals surface area (Å²) in [4.78, 5) is 0. The Morgan fingerprint density at radius 3 is 1.31 bits per heavy atom. The van der Waals surface area contributed by atoms with Crippen LogP contribution in [-0.2, 0) is 10.1 Å². The molecule has 0 aliphatic carbocycles. The van der Waals surface area contributed by atoms with Crippen molar-refractivity contribution in [3.8, 4) is 0 Å². The molecule has 0 fully saturated rings. The maximum absolute atomic E-state index is 9.44. The first kappa shape index (κ1) is 15.6. The molecular formula is C8H12CaO3S. The Hall–Kier alpha value is 0.130. The van der Waals surface area contributed by atoms with Crippen molar-refractivity contribution >= 4 is 47.9 Å². The van der Waals surface area contributed by atoms with Crippen molar-refractivity contribution in [2.24, 2.45) is 0 Å². The molecule has 1 aromatic rings. The van der Waals surface area contributed by atoms with Crippen molar-refractivity contribution in [1.29, 1.82) is 0 Å². The van der Waals surface area contributed by atoms with Crippen molar-refractivity contribution < 1.29 is 15.8 Å². The summed E-state index contributed by atoms with van der Waals surface area (Å²) in [5.74, 6) is 0. The Morgan fingerprint density at radius 2 is 1.23 bits per heavy atom. The van der Waals surface area contributed by atoms with Gasteiger partial charge in [0.05, 0.1) is 5.41 Å². The van der Waals surface area contributed by atoms with Crippen LogP contribution in [0.2, 0.25) is 0 Å². The molecular weight excluding hydrogens is 216 g/mol. The van der Waals surface area contributed by atoms with Crippen LogP contribution in [0.1, 0.15) is 2.85 Å². The molecule has 1 aromatic carbocycles. The Balaban J connectivity index is -0.0000000672. The molecule has 0 unspecified atom stereocenters. The van der Waals surface area contributed by atoms with E-state index in [4.69, 9.17) is 4.55 Å². The van der Waals surface area contributed by atoms with Crippen molar-refractivity contribution in [2.75, 3.05) is 0 Å². The molecule has 0 saturated carbocycles. The molecule has 0 amide bonds. The summed E-state index contributed by atoms with van der Waals surface area (Å²) < 4.78 is 26.6. The Morgan fingerprint density at radius 1 is 1.08 bits per heavy atom. The Bertz CT molecular complexity index is 278. The number of benzene rings is 1. The molecule has 0 aromatic heterocycles. The molecule has 0 spiro atoms. The van der Waals surface area contributed by atoms with Gasteiger partial charge >= 0.3 is 37.7 Å². The summed E-state index contributed by atoms with van der Waals surface area (Å²) in [6.07, 6.45) is 0. The Labute approximate surface area is 111 Å². The smallest absolute Gasteiger partial charge is 1.00 e. The Kier molecular flexibility index (Phi) is 10.5. The van der Waals surface area contributed by atoms with Crippen molar-refractivity contribution in [3.05, 3.63) is 48.4 Å². The number of rotatable bonds is 1. The second-order valence-electron chi connectivity index (χ2n) is 1.84. The molecule has 3 nitrogen and oxygen atoms in total. The van der Waals surface area contributed by atoms with E-state index in [-0.39, 0.29) is 40.6 Å². The third-order valence-electron chi connectivity index (χ3n) is 0.877. The fourth-order valence-corrected chi connectivity index (χ4v) is 0.385. The van der Waals surface area contributed by atoms with Crippen LogP contribution < -0.4 is 0 Å². The van der Waals surface area contributed by atoms with Gasteiger partial charge in [-0.1, -0.05) is 43.0 Å². The molecule has 0 bridgehead atoms. The van der Waals surface area contributed by atoms with Gasteiger partial charge in [0.2, 0.25) is 0 Å². The van der Waals surface area contributed by atoms with Crippen LogP contribution in [0, 0.1) is 0 Å². The van der Waals surface area contributed by atoms with E-state index in [1.807, 2.05) is 36.4 Å². The van der Waals surface area contributed by atoms with Crippen LogP contribution in [0.25, 0.3) is 0 Å². The van der Waals surface area contributed by atoms with Crippen molar-refractivity contribution in [2.45, 2.75) is 0 Å². The zero-order valence-corrected chi connectivity index (χ0v) is 10.2. The standard InChI is InChI=1S/C6H6.C2H4O3S.Ca.2H/c1-2-4-6-5-3-1;1-2-6(3,4)5;;;/h1-6H;2H,1H2,(H,3,4,5);;;/q;;+2;2*-1. The van der Waals surface area contributed by atoms with Crippen molar-refractivity contribution in [1.82, 2.24) is 0 Å². The van der Waals surface area contributed by atoms with Gasteiger partial charge in [-0.25, -0.2) is 0 Å². The van der Waals surface area contributed by atoms with E-state index in [2.05, 4.69) is 6.58 Å². The molecule has 0 saturated heterocycles. The molecule has 1 rings (SSSR count). The van der Waals surface area contributed by atoms with E-state index < -0.39 is 10.1 Å². The zero-order valence-electron chi connectivity index (χ0n) is 9.13. The summed E-state index contributed by atoms with van der Waals surface area (Å²) in [6, 6.07) is 12.0. The maximum atomic E-state index is 9.44. The normalized spacial score (nSPS) is 8.69. The SMILES string of the molecule is C=CS(=O)(=O)O.[Ca+2].[H-].[H-].c1ccccc1. The van der Waals surface area contributed by atoms with E-state index in [0.29, 0.717) is 5.41 Å². The van der Waals surface area contributed by atoms with Gasteiger partial charge < -0.3 is 2.85 Å². The van der Waals surface area contributed by atoms with Crippen LogP contribution in [0.4, 0.5) is 0 Å². The van der Waals surface area contributed by atoms with Gasteiger partial charge in [-0.3, -0.25) is 4.55 Å². The van der Waals surface area contributed by atoms with Crippen LogP contribution in [0.3, 0.4) is 0 Å². The largest absolute Gasteiger partial charge is 2.00 e. The molecule has 0 aliphatic heterocycles. The summed E-state index contributed by atoms with van der Waals surface area (Å²) in [5.41, 5.74) is 0. The van der Waals surface area contributed by atoms with E-state index in [0.717, 1.165) is 0 Å². The molecule has 13 heavy (non-hydrogen) atoms. The first-order valence-electron chi connectivity index (χ1n) is 3.16. The molecule has 0 heterocycles. The monoisotopic (exact) mass is 228 g/mol. The fraction of sp³-hybridized carbons (Fsp3) is 0. The summed E-state index contributed by atoms with van der Waals surface area (Å²) in [5, 5.41) is 0.465. The van der Waals surface area contributed by atoms with Gasteiger partial charge in [0.25, 0.3) is 10.1 Å². The van der Waals surface area contributed by atoms with Gasteiger partial charge in [0.1, 0.15) is 0 Å². The zero-order chi connectivity index (χ0) is 9.45. The van der Waals surface area contributed by atoms with Gasteiger partial charge in [-0.05, 0) is 0 Å². The van der Waals surface area contributed by atoms with Gasteiger partial charge in [-0.15, -0.1) is 0 Å². The van der Waals surface area contributed by atoms with Crippen LogP contribution in [0.5, 0.6) is 0 Å². The van der Waals surface area contributed by atoms with E-state index in [1.165, 1.54) is 0 Å². The summed E-state index contributed by atoms with van der Waals surface area (Å²) in [6.45, 7) is 2.79.